The van der Waals surface area contributed by atoms with E-state index in [1.165, 1.54) is 22.9 Å². The van der Waals surface area contributed by atoms with Gasteiger partial charge in [0, 0.05) is 5.69 Å². The summed E-state index contributed by atoms with van der Waals surface area (Å²) in [5.41, 5.74) is 2.30. The van der Waals surface area contributed by atoms with E-state index in [1.54, 1.807) is 42.5 Å². The second-order valence-electron chi connectivity index (χ2n) is 7.62. The quantitative estimate of drug-likeness (QED) is 0.342. The van der Waals surface area contributed by atoms with Gasteiger partial charge in [0.25, 0.3) is 5.91 Å². The number of anilines is 1. The summed E-state index contributed by atoms with van der Waals surface area (Å²) in [5.74, 6) is -0.248. The van der Waals surface area contributed by atoms with Crippen molar-refractivity contribution in [1.29, 1.82) is 5.26 Å². The molecule has 0 aliphatic carbocycles. The summed E-state index contributed by atoms with van der Waals surface area (Å²) in [6, 6.07) is 18.0. The van der Waals surface area contributed by atoms with Gasteiger partial charge in [0.1, 0.15) is 22.4 Å². The van der Waals surface area contributed by atoms with Crippen LogP contribution in [0.15, 0.2) is 75.9 Å². The summed E-state index contributed by atoms with van der Waals surface area (Å²) in [6.07, 6.45) is 1.86. The lowest BCUT2D eigenvalue weighted by atomic mass is 10.1. The highest BCUT2D eigenvalue weighted by atomic mass is 35.5. The standard InChI is InChI=1S/C25H19Cl2N3O3S/c1-15-4-7-17(8-5-15)30-24(32)22(12-16-6-9-20(26)21(27)11-16)34-25(30)19(13-28)23(31)29-14-18-3-2-10-33-18/h2-11,22H,12,14H2,1H3,(H,29,31)/b25-19-/t22-/m1/s1. The molecule has 2 aromatic carbocycles. The molecule has 3 aromatic rings. The summed E-state index contributed by atoms with van der Waals surface area (Å²) < 4.78 is 5.24. The van der Waals surface area contributed by atoms with Crippen molar-refractivity contribution in [3.05, 3.63) is 98.4 Å². The van der Waals surface area contributed by atoms with Gasteiger partial charge in [-0.2, -0.15) is 5.26 Å². The third-order valence-corrected chi connectivity index (χ3v) is 7.21. The van der Waals surface area contributed by atoms with Crippen molar-refractivity contribution < 1.29 is 14.0 Å². The summed E-state index contributed by atoms with van der Waals surface area (Å²) in [6.45, 7) is 2.07. The lowest BCUT2D eigenvalue weighted by Crippen LogP contribution is -2.32. The Morgan fingerprint density at radius 2 is 1.94 bits per heavy atom. The molecule has 9 heteroatoms. The van der Waals surface area contributed by atoms with E-state index in [1.807, 2.05) is 25.1 Å². The number of carbonyl (C=O) groups excluding carboxylic acids is 2. The lowest BCUT2D eigenvalue weighted by Gasteiger charge is -2.19. The van der Waals surface area contributed by atoms with Crippen LogP contribution in [0.1, 0.15) is 16.9 Å². The fourth-order valence-electron chi connectivity index (χ4n) is 3.47. The zero-order chi connectivity index (χ0) is 24.2. The number of carbonyl (C=O) groups is 2. The Bertz CT molecular complexity index is 1300. The van der Waals surface area contributed by atoms with Gasteiger partial charge in [-0.05, 0) is 55.3 Å². The molecule has 0 radical (unpaired) electrons. The van der Waals surface area contributed by atoms with Crippen molar-refractivity contribution in [2.45, 2.75) is 25.1 Å². The molecule has 1 aliphatic heterocycles. The maximum Gasteiger partial charge on any atom is 0.265 e. The van der Waals surface area contributed by atoms with E-state index < -0.39 is 11.2 Å². The molecule has 172 valence electrons. The topological polar surface area (TPSA) is 86.3 Å². The van der Waals surface area contributed by atoms with Gasteiger partial charge in [-0.1, -0.05) is 58.7 Å². The minimum Gasteiger partial charge on any atom is -0.467 e. The Hall–Kier alpha value is -3.18. The normalized spacial score (nSPS) is 16.9. The summed E-state index contributed by atoms with van der Waals surface area (Å²) in [5, 5.41) is 13.1. The molecular formula is C25H19Cl2N3O3S. The Morgan fingerprint density at radius 1 is 1.18 bits per heavy atom. The molecule has 34 heavy (non-hydrogen) atoms. The summed E-state index contributed by atoms with van der Waals surface area (Å²) in [4.78, 5) is 27.9. The zero-order valence-electron chi connectivity index (χ0n) is 18.0. The van der Waals surface area contributed by atoms with Crippen LogP contribution in [-0.4, -0.2) is 17.1 Å². The average molecular weight is 512 g/mol. The number of halogens is 2. The number of rotatable bonds is 6. The van der Waals surface area contributed by atoms with Crippen LogP contribution in [0.4, 0.5) is 5.69 Å². The minimum absolute atomic E-state index is 0.125. The maximum absolute atomic E-state index is 13.5. The van der Waals surface area contributed by atoms with E-state index in [9.17, 15) is 14.9 Å². The van der Waals surface area contributed by atoms with Gasteiger partial charge >= 0.3 is 0 Å². The van der Waals surface area contributed by atoms with Crippen LogP contribution in [-0.2, 0) is 22.6 Å². The van der Waals surface area contributed by atoms with Crippen LogP contribution in [0.2, 0.25) is 10.0 Å². The first-order chi connectivity index (χ1) is 16.4. The van der Waals surface area contributed by atoms with Gasteiger partial charge in [-0.3, -0.25) is 14.5 Å². The SMILES string of the molecule is Cc1ccc(N2C(=O)[C@@H](Cc3ccc(Cl)c(Cl)c3)S/C2=C(/C#N)C(=O)NCc2ccco2)cc1. The van der Waals surface area contributed by atoms with Gasteiger partial charge in [-0.25, -0.2) is 0 Å². The van der Waals surface area contributed by atoms with E-state index in [2.05, 4.69) is 5.32 Å². The summed E-state index contributed by atoms with van der Waals surface area (Å²) in [7, 11) is 0. The van der Waals surface area contributed by atoms with E-state index in [-0.39, 0.29) is 18.0 Å². The van der Waals surface area contributed by atoms with Crippen LogP contribution in [0.3, 0.4) is 0 Å². The minimum atomic E-state index is -0.582. The molecule has 4 rings (SSSR count). The third-order valence-electron chi connectivity index (χ3n) is 5.21. The molecule has 1 fully saturated rings. The van der Waals surface area contributed by atoms with Crippen LogP contribution in [0.25, 0.3) is 0 Å². The maximum atomic E-state index is 13.5. The number of furan rings is 1. The van der Waals surface area contributed by atoms with Crippen molar-refractivity contribution in [3.8, 4) is 6.07 Å². The van der Waals surface area contributed by atoms with Crippen molar-refractivity contribution in [2.24, 2.45) is 0 Å². The highest BCUT2D eigenvalue weighted by Gasteiger charge is 2.40. The molecule has 1 saturated heterocycles. The molecule has 0 spiro atoms. The molecule has 2 amide bonds. The molecule has 1 N–H and O–H groups in total. The number of amides is 2. The summed E-state index contributed by atoms with van der Waals surface area (Å²) >= 11 is 13.4. The average Bonchev–Trinajstić information content (AvgIpc) is 3.45. The number of hydrogen-bond donors (Lipinski definition) is 1. The number of thioether (sulfide) groups is 1. The number of hydrogen-bond acceptors (Lipinski definition) is 5. The number of aryl methyl sites for hydroxylation is 1. The molecular weight excluding hydrogens is 493 g/mol. The molecule has 0 unspecified atom stereocenters. The second-order valence-corrected chi connectivity index (χ2v) is 9.63. The Balaban J connectivity index is 1.68. The van der Waals surface area contributed by atoms with Crippen LogP contribution in [0.5, 0.6) is 0 Å². The first-order valence-electron chi connectivity index (χ1n) is 10.3. The third kappa shape index (κ3) is 5.15. The molecule has 2 heterocycles. The largest absolute Gasteiger partial charge is 0.467 e. The van der Waals surface area contributed by atoms with Gasteiger partial charge in [-0.15, -0.1) is 0 Å². The van der Waals surface area contributed by atoms with Gasteiger partial charge < -0.3 is 9.73 Å². The van der Waals surface area contributed by atoms with Crippen molar-refractivity contribution >= 4 is 52.5 Å². The Labute approximate surface area is 211 Å². The van der Waals surface area contributed by atoms with E-state index in [4.69, 9.17) is 27.6 Å². The van der Waals surface area contributed by atoms with E-state index in [0.29, 0.717) is 32.9 Å². The van der Waals surface area contributed by atoms with Crippen molar-refractivity contribution in [1.82, 2.24) is 5.32 Å². The first kappa shape index (κ1) is 24.0. The van der Waals surface area contributed by atoms with Gasteiger partial charge in [0.15, 0.2) is 0 Å². The van der Waals surface area contributed by atoms with E-state index >= 15 is 0 Å². The Morgan fingerprint density at radius 3 is 2.59 bits per heavy atom. The smallest absolute Gasteiger partial charge is 0.265 e. The second kappa shape index (κ2) is 10.4. The van der Waals surface area contributed by atoms with Crippen molar-refractivity contribution in [3.63, 3.8) is 0 Å². The molecule has 1 atom stereocenters. The monoisotopic (exact) mass is 511 g/mol. The molecule has 6 nitrogen and oxygen atoms in total. The van der Waals surface area contributed by atoms with Gasteiger partial charge in [0.2, 0.25) is 5.91 Å². The molecule has 0 saturated carbocycles. The lowest BCUT2D eigenvalue weighted by molar-refractivity contribution is -0.117. The van der Waals surface area contributed by atoms with Gasteiger partial charge in [0.05, 0.1) is 28.1 Å². The molecule has 1 aromatic heterocycles. The molecule has 0 bridgehead atoms. The van der Waals surface area contributed by atoms with Crippen LogP contribution in [0, 0.1) is 18.3 Å². The van der Waals surface area contributed by atoms with Crippen LogP contribution >= 0.6 is 35.0 Å². The predicted molar refractivity (Wildman–Crippen MR) is 133 cm³/mol. The zero-order valence-corrected chi connectivity index (χ0v) is 20.4. The number of nitrogens with zero attached hydrogens (tertiary/aromatic N) is 2. The highest BCUT2D eigenvalue weighted by Crippen LogP contribution is 2.42. The highest BCUT2D eigenvalue weighted by molar-refractivity contribution is 8.05. The van der Waals surface area contributed by atoms with Crippen LogP contribution < -0.4 is 10.2 Å². The fraction of sp³-hybridized carbons (Fsp3) is 0.160. The van der Waals surface area contributed by atoms with E-state index in [0.717, 1.165) is 11.1 Å². The van der Waals surface area contributed by atoms with Crippen molar-refractivity contribution in [2.75, 3.05) is 4.90 Å². The predicted octanol–water partition coefficient (Wildman–Crippen LogP) is 5.64. The number of nitrogens with one attached hydrogen (secondary N) is 1. The fourth-order valence-corrected chi connectivity index (χ4v) is 5.09. The number of nitriles is 1. The molecule has 1 aliphatic rings. The number of benzene rings is 2. The Kier molecular flexibility index (Phi) is 7.32. The first-order valence-corrected chi connectivity index (χ1v) is 12.0.